The highest BCUT2D eigenvalue weighted by atomic mass is 16.4. The Morgan fingerprint density at radius 1 is 1.06 bits per heavy atom. The van der Waals surface area contributed by atoms with Crippen LogP contribution in [0.2, 0.25) is 0 Å². The number of nitrogens with one attached hydrogen (secondary N) is 3. The van der Waals surface area contributed by atoms with Crippen LogP contribution in [0, 0.1) is 28.6 Å². The molecule has 2 atom stereocenters. The summed E-state index contributed by atoms with van der Waals surface area (Å²) in [6, 6.07) is 22.1. The van der Waals surface area contributed by atoms with Crippen molar-refractivity contribution >= 4 is 23.6 Å². The number of amides is 2. The summed E-state index contributed by atoms with van der Waals surface area (Å²) in [4.78, 5) is 44.0. The lowest BCUT2D eigenvalue weighted by molar-refractivity contribution is -0.153. The van der Waals surface area contributed by atoms with Gasteiger partial charge in [0.15, 0.2) is 0 Å². The summed E-state index contributed by atoms with van der Waals surface area (Å²) >= 11 is 0. The van der Waals surface area contributed by atoms with E-state index in [2.05, 4.69) is 42.3 Å². The first-order chi connectivity index (χ1) is 26.2. The van der Waals surface area contributed by atoms with Crippen molar-refractivity contribution in [2.75, 3.05) is 31.5 Å². The number of carboxylic acids is 1. The molecule has 1 aliphatic rings. The van der Waals surface area contributed by atoms with Crippen molar-refractivity contribution in [3.05, 3.63) is 78.0 Å². The molecule has 4 aromatic rings. The molecule has 1 fully saturated rings. The number of likely N-dealkylation sites (tertiary alicyclic amines) is 1. The van der Waals surface area contributed by atoms with Crippen LogP contribution in [0.4, 0.5) is 5.82 Å². The Balaban J connectivity index is 0.000000258. The van der Waals surface area contributed by atoms with Crippen molar-refractivity contribution in [2.45, 2.75) is 71.5 Å². The number of tetrazole rings is 1. The molecule has 2 amide bonds. The van der Waals surface area contributed by atoms with Crippen LogP contribution in [0.25, 0.3) is 22.5 Å². The average molecular weight is 734 g/mol. The minimum Gasteiger partial charge on any atom is -0.480 e. The van der Waals surface area contributed by atoms with E-state index in [4.69, 9.17) is 10.5 Å². The van der Waals surface area contributed by atoms with Crippen LogP contribution in [0.1, 0.15) is 64.0 Å². The lowest BCUT2D eigenvalue weighted by atomic mass is 9.97. The van der Waals surface area contributed by atoms with Crippen molar-refractivity contribution in [1.29, 1.82) is 10.5 Å². The summed E-state index contributed by atoms with van der Waals surface area (Å²) in [5, 5.41) is 47.8. The smallest absolute Gasteiger partial charge is 0.326 e. The number of aromatic amines is 1. The van der Waals surface area contributed by atoms with Crippen LogP contribution in [0.5, 0.6) is 0 Å². The highest BCUT2D eigenvalue weighted by Crippen LogP contribution is 2.30. The molecule has 5 rings (SSSR count). The Hall–Kier alpha value is -6.19. The number of unbranched alkanes of at least 4 members (excludes halogenated alkanes) is 1. The number of hydrogen-bond acceptors (Lipinski definition) is 11. The Morgan fingerprint density at radius 3 is 2.43 bits per heavy atom. The number of carbonyl (C=O) groups excluding carboxylic acids is 2. The molecule has 0 spiro atoms. The number of nitrogens with zero attached hydrogens (tertiary/aromatic N) is 8. The summed E-state index contributed by atoms with van der Waals surface area (Å²) < 4.78 is 0. The van der Waals surface area contributed by atoms with Gasteiger partial charge >= 0.3 is 5.97 Å². The monoisotopic (exact) mass is 733 g/mol. The van der Waals surface area contributed by atoms with E-state index in [-0.39, 0.29) is 36.9 Å². The number of anilines is 1. The molecule has 282 valence electrons. The van der Waals surface area contributed by atoms with Crippen LogP contribution >= 0.6 is 0 Å². The topological polar surface area (TPSA) is 217 Å². The summed E-state index contributed by atoms with van der Waals surface area (Å²) in [6.07, 6.45) is 5.15. The number of aromatic nitrogens is 5. The second-order valence-electron chi connectivity index (χ2n) is 13.2. The lowest BCUT2D eigenvalue weighted by Gasteiger charge is -2.32. The van der Waals surface area contributed by atoms with Gasteiger partial charge in [-0.1, -0.05) is 75.7 Å². The van der Waals surface area contributed by atoms with E-state index in [0.29, 0.717) is 43.3 Å². The molecule has 0 radical (unpaired) electrons. The summed E-state index contributed by atoms with van der Waals surface area (Å²) in [7, 11) is 0. The second-order valence-corrected chi connectivity index (χ2v) is 13.2. The Labute approximate surface area is 315 Å². The van der Waals surface area contributed by atoms with Gasteiger partial charge in [0.25, 0.3) is 0 Å². The molecule has 1 aliphatic heterocycles. The van der Waals surface area contributed by atoms with Crippen LogP contribution in [-0.4, -0.2) is 96.6 Å². The number of pyridine rings is 1. The van der Waals surface area contributed by atoms with Crippen molar-refractivity contribution in [3.8, 4) is 34.7 Å². The van der Waals surface area contributed by atoms with E-state index in [1.165, 1.54) is 11.1 Å². The van der Waals surface area contributed by atoms with Crippen molar-refractivity contribution in [2.24, 2.45) is 5.92 Å². The van der Waals surface area contributed by atoms with Crippen molar-refractivity contribution < 1.29 is 19.5 Å². The fraction of sp³-hybridized carbons (Fsp3) is 0.410. The zero-order valence-corrected chi connectivity index (χ0v) is 30.9. The van der Waals surface area contributed by atoms with E-state index < -0.39 is 12.0 Å². The maximum atomic E-state index is 12.9. The van der Waals surface area contributed by atoms with Gasteiger partial charge in [-0.2, -0.15) is 15.7 Å². The van der Waals surface area contributed by atoms with Gasteiger partial charge in [-0.25, -0.2) is 9.78 Å². The molecule has 15 heteroatoms. The number of aliphatic carboxylic acids is 1. The third-order valence-electron chi connectivity index (χ3n) is 8.91. The number of benzene rings is 2. The number of carboxylic acid groups (broad SMARTS) is 1. The van der Waals surface area contributed by atoms with E-state index in [9.17, 15) is 19.5 Å². The fourth-order valence-electron chi connectivity index (χ4n) is 6.12. The standard InChI is InChI=1S/C24H29N5O3.C15H18N6O/c1-4-5-10-21(30)29(22(16(2)3)24(31)32)15-17-11-13-18(14-12-17)19-8-6-7-9-20(19)23-25-27-28-26-23;16-8-12-3-4-14(20-10-12)19-6-5-18-11-15(22)21-7-1-2-13(21)9-17/h6-9,11-14,16,22H,4-5,10,15H2,1-3H3,(H,31,32)(H,25,26,27,28);3-4,10,13,18H,1-2,5-7,11H2,(H,19,20)/t22-;13-/m00/s1. The van der Waals surface area contributed by atoms with E-state index in [1.54, 1.807) is 17.0 Å². The first kappa shape index (κ1) is 40.6. The molecule has 0 unspecified atom stereocenters. The van der Waals surface area contributed by atoms with Gasteiger partial charge in [0.05, 0.1) is 18.2 Å². The van der Waals surface area contributed by atoms with Crippen LogP contribution in [0.3, 0.4) is 0 Å². The lowest BCUT2D eigenvalue weighted by Crippen LogP contribution is -2.47. The minimum atomic E-state index is -0.976. The van der Waals surface area contributed by atoms with E-state index in [1.807, 2.05) is 75.4 Å². The Bertz CT molecular complexity index is 1890. The Morgan fingerprint density at radius 2 is 1.81 bits per heavy atom. The van der Waals surface area contributed by atoms with Gasteiger partial charge in [0.2, 0.25) is 17.6 Å². The maximum Gasteiger partial charge on any atom is 0.326 e. The molecule has 0 aliphatic carbocycles. The summed E-state index contributed by atoms with van der Waals surface area (Å²) in [5.41, 5.74) is 4.18. The van der Waals surface area contributed by atoms with Crippen LogP contribution in [0.15, 0.2) is 66.9 Å². The van der Waals surface area contributed by atoms with Gasteiger partial charge in [0, 0.05) is 44.4 Å². The SMILES string of the molecule is CCCCC(=O)N(Cc1ccc(-c2ccccc2-c2nn[nH]n2)cc1)[C@H](C(=O)O)C(C)C.N#Cc1ccc(NCCNCC(=O)N2CCC[C@H]2C#N)nc1. The summed E-state index contributed by atoms with van der Waals surface area (Å²) in [5.74, 6) is -0.121. The third-order valence-corrected chi connectivity index (χ3v) is 8.91. The predicted molar refractivity (Wildman–Crippen MR) is 202 cm³/mol. The van der Waals surface area contributed by atoms with Gasteiger partial charge in [-0.05, 0) is 59.2 Å². The molecule has 54 heavy (non-hydrogen) atoms. The fourth-order valence-corrected chi connectivity index (χ4v) is 6.12. The average Bonchev–Trinajstić information content (AvgIpc) is 3.90. The highest BCUT2D eigenvalue weighted by molar-refractivity contribution is 5.84. The first-order valence-corrected chi connectivity index (χ1v) is 18.1. The molecular formula is C39H47N11O4. The molecular weight excluding hydrogens is 687 g/mol. The molecule has 1 saturated heterocycles. The molecule has 3 heterocycles. The molecule has 0 bridgehead atoms. The van der Waals surface area contributed by atoms with Crippen LogP contribution in [-0.2, 0) is 20.9 Å². The predicted octanol–water partition coefficient (Wildman–Crippen LogP) is 4.63. The second kappa shape index (κ2) is 20.7. The zero-order chi connectivity index (χ0) is 38.9. The number of carbonyl (C=O) groups is 3. The number of rotatable bonds is 16. The number of hydrogen-bond donors (Lipinski definition) is 4. The number of nitriles is 2. The van der Waals surface area contributed by atoms with E-state index >= 15 is 0 Å². The van der Waals surface area contributed by atoms with Crippen LogP contribution < -0.4 is 10.6 Å². The molecule has 15 nitrogen and oxygen atoms in total. The zero-order valence-electron chi connectivity index (χ0n) is 30.9. The first-order valence-electron chi connectivity index (χ1n) is 18.1. The largest absolute Gasteiger partial charge is 0.480 e. The van der Waals surface area contributed by atoms with Crippen molar-refractivity contribution in [3.63, 3.8) is 0 Å². The third kappa shape index (κ3) is 11.4. The molecule has 0 saturated carbocycles. The minimum absolute atomic E-state index is 0.0273. The quantitative estimate of drug-likeness (QED) is 0.116. The Kier molecular flexibility index (Phi) is 15.6. The number of H-pyrrole nitrogens is 1. The van der Waals surface area contributed by atoms with Gasteiger partial charge in [-0.15, -0.1) is 10.2 Å². The van der Waals surface area contributed by atoms with E-state index in [0.717, 1.165) is 47.9 Å². The molecule has 4 N–H and O–H groups in total. The normalized spacial score (nSPS) is 14.0. The summed E-state index contributed by atoms with van der Waals surface area (Å²) in [6.45, 7) is 8.07. The van der Waals surface area contributed by atoms with Gasteiger partial charge in [0.1, 0.15) is 24.0 Å². The maximum absolute atomic E-state index is 12.9. The van der Waals surface area contributed by atoms with Crippen molar-refractivity contribution in [1.82, 2.24) is 40.7 Å². The highest BCUT2D eigenvalue weighted by Gasteiger charge is 2.32. The molecule has 2 aromatic carbocycles. The van der Waals surface area contributed by atoms with Gasteiger partial charge < -0.3 is 25.5 Å². The molecule has 2 aromatic heterocycles. The van der Waals surface area contributed by atoms with Gasteiger partial charge in [-0.3, -0.25) is 9.59 Å².